The molecule has 0 saturated carbocycles. The lowest BCUT2D eigenvalue weighted by atomic mass is 9.92. The first-order valence-corrected chi connectivity index (χ1v) is 4.67. The van der Waals surface area contributed by atoms with Gasteiger partial charge in [0.05, 0.1) is 0 Å². The topological polar surface area (TPSA) is 37.3 Å². The highest BCUT2D eigenvalue weighted by Crippen LogP contribution is 2.18. The third-order valence-corrected chi connectivity index (χ3v) is 2.40. The average molecular weight is 192 g/mol. The van der Waals surface area contributed by atoms with Crippen molar-refractivity contribution in [2.75, 3.05) is 0 Å². The van der Waals surface area contributed by atoms with Gasteiger partial charge in [-0.05, 0) is 38.8 Å². The van der Waals surface area contributed by atoms with Crippen molar-refractivity contribution in [3.63, 3.8) is 0 Å². The van der Waals surface area contributed by atoms with Crippen molar-refractivity contribution in [1.29, 1.82) is 0 Å². The Labute approximate surface area is 84.6 Å². The molecule has 76 valence electrons. The molecule has 0 saturated heterocycles. The molecule has 0 heterocycles. The molecule has 0 aliphatic rings. The van der Waals surface area contributed by atoms with Gasteiger partial charge in [0.15, 0.2) is 5.78 Å². The van der Waals surface area contributed by atoms with Gasteiger partial charge in [-0.15, -0.1) is 0 Å². The minimum absolute atomic E-state index is 0.223. The molecular weight excluding hydrogens is 176 g/mol. The van der Waals surface area contributed by atoms with Crippen LogP contribution in [0, 0.1) is 13.8 Å². The Morgan fingerprint density at radius 1 is 1.29 bits per heavy atom. The summed E-state index contributed by atoms with van der Waals surface area (Å²) < 4.78 is 0. The highest BCUT2D eigenvalue weighted by molar-refractivity contribution is 6.03. The maximum Gasteiger partial charge on any atom is 0.194 e. The van der Waals surface area contributed by atoms with E-state index in [0.717, 1.165) is 11.1 Å². The van der Waals surface area contributed by atoms with Gasteiger partial charge in [-0.1, -0.05) is 18.2 Å². The van der Waals surface area contributed by atoms with Gasteiger partial charge in [0.25, 0.3) is 0 Å². The van der Waals surface area contributed by atoms with Crippen LogP contribution in [-0.2, 0) is 0 Å². The Bertz CT molecular complexity index is 359. The van der Waals surface area contributed by atoms with E-state index >= 15 is 0 Å². The van der Waals surface area contributed by atoms with Crippen LogP contribution in [0.2, 0.25) is 0 Å². The van der Waals surface area contributed by atoms with Gasteiger partial charge in [-0.2, -0.15) is 0 Å². The fourth-order valence-electron chi connectivity index (χ4n) is 1.33. The minimum Gasteiger partial charge on any atom is -0.382 e. The molecule has 0 aliphatic heterocycles. The van der Waals surface area contributed by atoms with E-state index in [-0.39, 0.29) is 5.78 Å². The van der Waals surface area contributed by atoms with Crippen LogP contribution in [-0.4, -0.2) is 16.5 Å². The number of rotatable bonds is 2. The summed E-state index contributed by atoms with van der Waals surface area (Å²) in [5, 5.41) is 9.61. The summed E-state index contributed by atoms with van der Waals surface area (Å²) in [6.07, 6.45) is 0. The number of ketones is 1. The molecule has 0 amide bonds. The first-order valence-electron chi connectivity index (χ1n) is 4.67. The van der Waals surface area contributed by atoms with Gasteiger partial charge in [-0.3, -0.25) is 4.79 Å². The number of Topliss-reactive ketones (excluding diaryl/α,β-unsaturated/α-hetero) is 1. The molecule has 0 aromatic heterocycles. The van der Waals surface area contributed by atoms with Gasteiger partial charge >= 0.3 is 0 Å². The maximum atomic E-state index is 11.8. The van der Waals surface area contributed by atoms with E-state index in [1.807, 2.05) is 26.0 Å². The van der Waals surface area contributed by atoms with Crippen molar-refractivity contribution < 1.29 is 9.90 Å². The van der Waals surface area contributed by atoms with E-state index in [1.54, 1.807) is 6.07 Å². The molecule has 1 aromatic rings. The summed E-state index contributed by atoms with van der Waals surface area (Å²) in [5.74, 6) is -0.223. The fourth-order valence-corrected chi connectivity index (χ4v) is 1.33. The first kappa shape index (κ1) is 10.9. The Balaban J connectivity index is 3.21. The zero-order chi connectivity index (χ0) is 10.9. The predicted octanol–water partition coefficient (Wildman–Crippen LogP) is 2.26. The summed E-state index contributed by atoms with van der Waals surface area (Å²) in [7, 11) is 0. The van der Waals surface area contributed by atoms with Crippen LogP contribution in [0.15, 0.2) is 18.2 Å². The SMILES string of the molecule is Cc1cccc(C(=O)C(C)(C)O)c1C. The Hall–Kier alpha value is -1.15. The van der Waals surface area contributed by atoms with Crippen LogP contribution in [0.1, 0.15) is 35.3 Å². The highest BCUT2D eigenvalue weighted by atomic mass is 16.3. The predicted molar refractivity (Wildman–Crippen MR) is 56.5 cm³/mol. The van der Waals surface area contributed by atoms with Crippen LogP contribution < -0.4 is 0 Å². The molecule has 2 heteroatoms. The molecule has 0 unspecified atom stereocenters. The van der Waals surface area contributed by atoms with Crippen molar-refractivity contribution in [2.24, 2.45) is 0 Å². The van der Waals surface area contributed by atoms with Crippen LogP contribution in [0.25, 0.3) is 0 Å². The van der Waals surface area contributed by atoms with E-state index in [4.69, 9.17) is 0 Å². The lowest BCUT2D eigenvalue weighted by Gasteiger charge is -2.17. The standard InChI is InChI=1S/C12H16O2/c1-8-6-5-7-10(9(8)2)11(13)12(3,4)14/h5-7,14H,1-4H3. The van der Waals surface area contributed by atoms with Crippen LogP contribution in [0.3, 0.4) is 0 Å². The van der Waals surface area contributed by atoms with Gasteiger partial charge in [0.1, 0.15) is 5.60 Å². The molecule has 1 aromatic carbocycles. The van der Waals surface area contributed by atoms with E-state index in [2.05, 4.69) is 0 Å². The Morgan fingerprint density at radius 3 is 2.36 bits per heavy atom. The summed E-state index contributed by atoms with van der Waals surface area (Å²) in [5.41, 5.74) is 1.33. The zero-order valence-electron chi connectivity index (χ0n) is 9.09. The largest absolute Gasteiger partial charge is 0.382 e. The van der Waals surface area contributed by atoms with Crippen LogP contribution in [0.4, 0.5) is 0 Å². The normalized spacial score (nSPS) is 11.5. The van der Waals surface area contributed by atoms with Gasteiger partial charge < -0.3 is 5.11 Å². The number of benzene rings is 1. The third-order valence-electron chi connectivity index (χ3n) is 2.40. The summed E-state index contributed by atoms with van der Waals surface area (Å²) >= 11 is 0. The van der Waals surface area contributed by atoms with Gasteiger partial charge in [0, 0.05) is 5.56 Å². The van der Waals surface area contributed by atoms with E-state index in [9.17, 15) is 9.90 Å². The number of hydrogen-bond donors (Lipinski definition) is 1. The van der Waals surface area contributed by atoms with Crippen molar-refractivity contribution in [3.8, 4) is 0 Å². The molecule has 1 rings (SSSR count). The molecule has 0 bridgehead atoms. The molecule has 0 atom stereocenters. The van der Waals surface area contributed by atoms with Crippen molar-refractivity contribution in [2.45, 2.75) is 33.3 Å². The number of hydrogen-bond acceptors (Lipinski definition) is 2. The average Bonchev–Trinajstić information content (AvgIpc) is 2.07. The molecule has 14 heavy (non-hydrogen) atoms. The lowest BCUT2D eigenvalue weighted by molar-refractivity contribution is 0.0487. The van der Waals surface area contributed by atoms with Gasteiger partial charge in [-0.25, -0.2) is 0 Å². The van der Waals surface area contributed by atoms with Crippen molar-refractivity contribution in [1.82, 2.24) is 0 Å². The number of carbonyl (C=O) groups excluding carboxylic acids is 1. The van der Waals surface area contributed by atoms with Crippen LogP contribution >= 0.6 is 0 Å². The zero-order valence-corrected chi connectivity index (χ0v) is 9.09. The molecule has 0 spiro atoms. The molecule has 0 aliphatic carbocycles. The Morgan fingerprint density at radius 2 is 1.86 bits per heavy atom. The summed E-state index contributed by atoms with van der Waals surface area (Å²) in [4.78, 5) is 11.8. The smallest absolute Gasteiger partial charge is 0.194 e. The number of carbonyl (C=O) groups is 1. The van der Waals surface area contributed by atoms with Gasteiger partial charge in [0.2, 0.25) is 0 Å². The highest BCUT2D eigenvalue weighted by Gasteiger charge is 2.26. The van der Waals surface area contributed by atoms with E-state index in [0.29, 0.717) is 5.56 Å². The third kappa shape index (κ3) is 2.02. The van der Waals surface area contributed by atoms with E-state index in [1.165, 1.54) is 13.8 Å². The molecule has 0 radical (unpaired) electrons. The monoisotopic (exact) mass is 192 g/mol. The van der Waals surface area contributed by atoms with Crippen molar-refractivity contribution in [3.05, 3.63) is 34.9 Å². The second-order valence-electron chi connectivity index (χ2n) is 4.14. The quantitative estimate of drug-likeness (QED) is 0.730. The maximum absolute atomic E-state index is 11.8. The number of aryl methyl sites for hydroxylation is 1. The second-order valence-corrected chi connectivity index (χ2v) is 4.14. The molecule has 0 fully saturated rings. The molecule has 2 nitrogen and oxygen atoms in total. The first-order chi connectivity index (χ1) is 6.34. The van der Waals surface area contributed by atoms with Crippen LogP contribution in [0.5, 0.6) is 0 Å². The lowest BCUT2D eigenvalue weighted by Crippen LogP contribution is -2.31. The Kier molecular flexibility index (Phi) is 2.76. The molecule has 1 N–H and O–H groups in total. The van der Waals surface area contributed by atoms with Crippen molar-refractivity contribution >= 4 is 5.78 Å². The second kappa shape index (κ2) is 3.54. The summed E-state index contributed by atoms with van der Waals surface area (Å²) in [6, 6.07) is 5.54. The minimum atomic E-state index is -1.29. The molecular formula is C12H16O2. The van der Waals surface area contributed by atoms with E-state index < -0.39 is 5.60 Å². The summed E-state index contributed by atoms with van der Waals surface area (Å²) in [6.45, 7) is 6.87. The number of aliphatic hydroxyl groups is 1. The fraction of sp³-hybridized carbons (Fsp3) is 0.417.